The molecular weight excluding hydrogens is 346 g/mol. The van der Waals surface area contributed by atoms with Crippen molar-refractivity contribution in [2.45, 2.75) is 37.6 Å². The van der Waals surface area contributed by atoms with Gasteiger partial charge in [-0.3, -0.25) is 0 Å². The molecule has 0 aromatic heterocycles. The molecule has 0 radical (unpaired) electrons. The van der Waals surface area contributed by atoms with E-state index < -0.39 is 10.0 Å². The topological polar surface area (TPSA) is 69.7 Å². The second-order valence-corrected chi connectivity index (χ2v) is 10.9. The molecule has 4 aliphatic rings. The lowest BCUT2D eigenvalue weighted by molar-refractivity contribution is 0.176. The quantitative estimate of drug-likeness (QED) is 0.807. The molecule has 1 N–H and O–H groups in total. The molecule has 24 heavy (non-hydrogen) atoms. The molecule has 4 fully saturated rings. The SMILES string of the molecule is O=C(NCCS(=O)(=O)N1CCSCC1)N1C[C@@H]2CCC[C@@H]2C12CC2. The Morgan fingerprint density at radius 2 is 1.96 bits per heavy atom. The van der Waals surface area contributed by atoms with Crippen molar-refractivity contribution in [2.75, 3.05) is 43.4 Å². The number of rotatable bonds is 4. The minimum Gasteiger partial charge on any atom is -0.337 e. The Kier molecular flexibility index (Phi) is 4.50. The minimum atomic E-state index is -3.24. The Labute approximate surface area is 148 Å². The van der Waals surface area contributed by atoms with Gasteiger partial charge in [0.2, 0.25) is 10.0 Å². The highest BCUT2D eigenvalue weighted by Crippen LogP contribution is 2.60. The Morgan fingerprint density at radius 1 is 1.21 bits per heavy atom. The molecule has 2 aliphatic heterocycles. The molecular formula is C16H27N3O3S2. The Bertz CT molecular complexity index is 600. The van der Waals surface area contributed by atoms with Crippen molar-refractivity contribution in [3.05, 3.63) is 0 Å². The molecule has 136 valence electrons. The first-order chi connectivity index (χ1) is 11.5. The van der Waals surface area contributed by atoms with Crippen molar-refractivity contribution >= 4 is 27.8 Å². The van der Waals surface area contributed by atoms with Crippen molar-refractivity contribution in [3.63, 3.8) is 0 Å². The summed E-state index contributed by atoms with van der Waals surface area (Å²) in [6.07, 6.45) is 6.07. The molecule has 2 amide bonds. The van der Waals surface area contributed by atoms with Crippen LogP contribution in [0.5, 0.6) is 0 Å². The van der Waals surface area contributed by atoms with Gasteiger partial charge in [-0.2, -0.15) is 11.8 Å². The van der Waals surface area contributed by atoms with Crippen LogP contribution in [0, 0.1) is 11.8 Å². The van der Waals surface area contributed by atoms with Gasteiger partial charge in [-0.25, -0.2) is 17.5 Å². The fourth-order valence-corrected chi connectivity index (χ4v) is 7.46. The average molecular weight is 374 g/mol. The molecule has 0 unspecified atom stereocenters. The van der Waals surface area contributed by atoms with Crippen molar-refractivity contribution in [1.29, 1.82) is 0 Å². The monoisotopic (exact) mass is 373 g/mol. The summed E-state index contributed by atoms with van der Waals surface area (Å²) in [7, 11) is -3.24. The Morgan fingerprint density at radius 3 is 2.67 bits per heavy atom. The van der Waals surface area contributed by atoms with Crippen LogP contribution in [0.1, 0.15) is 32.1 Å². The first-order valence-corrected chi connectivity index (χ1v) is 11.9. The summed E-state index contributed by atoms with van der Waals surface area (Å²) in [6, 6.07) is -0.0497. The first-order valence-electron chi connectivity index (χ1n) is 9.14. The number of hydrogen-bond acceptors (Lipinski definition) is 4. The van der Waals surface area contributed by atoms with Gasteiger partial charge >= 0.3 is 6.03 Å². The van der Waals surface area contributed by atoms with E-state index in [0.29, 0.717) is 24.9 Å². The van der Waals surface area contributed by atoms with Crippen molar-refractivity contribution in [3.8, 4) is 0 Å². The predicted molar refractivity (Wildman–Crippen MR) is 95.6 cm³/mol. The highest BCUT2D eigenvalue weighted by molar-refractivity contribution is 7.99. The third-order valence-corrected chi connectivity index (χ3v) is 9.13. The molecule has 2 saturated heterocycles. The van der Waals surface area contributed by atoms with E-state index in [-0.39, 0.29) is 23.9 Å². The van der Waals surface area contributed by atoms with E-state index in [1.807, 2.05) is 4.90 Å². The highest BCUT2D eigenvalue weighted by atomic mass is 32.2. The largest absolute Gasteiger partial charge is 0.337 e. The second-order valence-electron chi connectivity index (χ2n) is 7.57. The summed E-state index contributed by atoms with van der Waals surface area (Å²) in [5.74, 6) is 3.11. The number of nitrogens with zero attached hydrogens (tertiary/aromatic N) is 2. The molecule has 8 heteroatoms. The standard InChI is InChI=1S/C16H27N3O3S2/c20-15(17-6-11-24(21,22)18-7-9-23-10-8-18)19-12-13-2-1-3-14(13)16(19)4-5-16/h13-14H,1-12H2,(H,17,20)/t13-,14-/m0/s1. The normalized spacial score (nSPS) is 32.1. The van der Waals surface area contributed by atoms with Gasteiger partial charge in [0.05, 0.1) is 5.75 Å². The summed E-state index contributed by atoms with van der Waals surface area (Å²) in [6.45, 7) is 2.28. The van der Waals surface area contributed by atoms with Gasteiger partial charge in [-0.1, -0.05) is 6.42 Å². The van der Waals surface area contributed by atoms with Crippen LogP contribution >= 0.6 is 11.8 Å². The average Bonchev–Trinajstić information content (AvgIpc) is 3.12. The molecule has 0 bridgehead atoms. The van der Waals surface area contributed by atoms with Crippen molar-refractivity contribution in [1.82, 2.24) is 14.5 Å². The third-order valence-electron chi connectivity index (χ3n) is 6.31. The maximum absolute atomic E-state index is 12.6. The third kappa shape index (κ3) is 2.94. The zero-order valence-corrected chi connectivity index (χ0v) is 15.7. The summed E-state index contributed by atoms with van der Waals surface area (Å²) in [5.41, 5.74) is 0.119. The van der Waals surface area contributed by atoms with E-state index in [9.17, 15) is 13.2 Å². The molecule has 0 aromatic rings. The van der Waals surface area contributed by atoms with Gasteiger partial charge in [0.25, 0.3) is 0 Å². The number of likely N-dealkylation sites (tertiary alicyclic amines) is 1. The number of amides is 2. The van der Waals surface area contributed by atoms with E-state index in [0.717, 1.165) is 30.9 Å². The smallest absolute Gasteiger partial charge is 0.317 e. The molecule has 4 rings (SSSR count). The molecule has 2 aliphatic carbocycles. The van der Waals surface area contributed by atoms with Crippen LogP contribution in [0.2, 0.25) is 0 Å². The van der Waals surface area contributed by atoms with Crippen molar-refractivity contribution < 1.29 is 13.2 Å². The lowest BCUT2D eigenvalue weighted by Gasteiger charge is -2.28. The fourth-order valence-electron chi connectivity index (χ4n) is 4.97. The van der Waals surface area contributed by atoms with E-state index in [2.05, 4.69) is 5.32 Å². The zero-order valence-electron chi connectivity index (χ0n) is 14.1. The van der Waals surface area contributed by atoms with Crippen LogP contribution in [0.3, 0.4) is 0 Å². The molecule has 2 atom stereocenters. The minimum absolute atomic E-state index is 0.0110. The van der Waals surface area contributed by atoms with Crippen LogP contribution < -0.4 is 5.32 Å². The predicted octanol–water partition coefficient (Wildman–Crippen LogP) is 1.34. The number of carbonyl (C=O) groups is 1. The summed E-state index contributed by atoms with van der Waals surface area (Å²) >= 11 is 1.79. The van der Waals surface area contributed by atoms with E-state index in [1.54, 1.807) is 16.1 Å². The molecule has 1 spiro atoms. The lowest BCUT2D eigenvalue weighted by Crippen LogP contribution is -2.48. The number of urea groups is 1. The van der Waals surface area contributed by atoms with Crippen LogP contribution in [-0.2, 0) is 10.0 Å². The Hall–Kier alpha value is -0.470. The highest BCUT2D eigenvalue weighted by Gasteiger charge is 2.63. The van der Waals surface area contributed by atoms with Crippen LogP contribution in [-0.4, -0.2) is 72.6 Å². The van der Waals surface area contributed by atoms with E-state index >= 15 is 0 Å². The van der Waals surface area contributed by atoms with Gasteiger partial charge in [0, 0.05) is 43.2 Å². The van der Waals surface area contributed by atoms with Gasteiger partial charge in [-0.05, 0) is 37.5 Å². The van der Waals surface area contributed by atoms with E-state index in [1.165, 1.54) is 19.3 Å². The lowest BCUT2D eigenvalue weighted by atomic mass is 9.92. The maximum Gasteiger partial charge on any atom is 0.317 e. The van der Waals surface area contributed by atoms with Gasteiger partial charge in [0.15, 0.2) is 0 Å². The molecule has 6 nitrogen and oxygen atoms in total. The van der Waals surface area contributed by atoms with Crippen LogP contribution in [0.4, 0.5) is 4.79 Å². The number of nitrogens with one attached hydrogen (secondary N) is 1. The molecule has 2 heterocycles. The summed E-state index contributed by atoms with van der Waals surface area (Å²) in [4.78, 5) is 14.6. The number of hydrogen-bond donors (Lipinski definition) is 1. The number of sulfonamides is 1. The van der Waals surface area contributed by atoms with Gasteiger partial charge in [0.1, 0.15) is 0 Å². The Balaban J connectivity index is 1.30. The van der Waals surface area contributed by atoms with Gasteiger partial charge < -0.3 is 10.2 Å². The second kappa shape index (κ2) is 6.36. The van der Waals surface area contributed by atoms with Crippen molar-refractivity contribution in [2.24, 2.45) is 11.8 Å². The number of thioether (sulfide) groups is 1. The van der Waals surface area contributed by atoms with Gasteiger partial charge in [-0.15, -0.1) is 0 Å². The first kappa shape index (κ1) is 17.0. The number of fused-ring (bicyclic) bond motifs is 2. The van der Waals surface area contributed by atoms with Crippen LogP contribution in [0.15, 0.2) is 0 Å². The summed E-state index contributed by atoms with van der Waals surface area (Å²) in [5, 5.41) is 2.88. The molecule has 2 saturated carbocycles. The van der Waals surface area contributed by atoms with Crippen LogP contribution in [0.25, 0.3) is 0 Å². The summed E-state index contributed by atoms with van der Waals surface area (Å²) < 4.78 is 26.2. The van der Waals surface area contributed by atoms with E-state index in [4.69, 9.17) is 0 Å². The molecule has 0 aromatic carbocycles. The maximum atomic E-state index is 12.6. The zero-order chi connectivity index (χ0) is 16.8. The number of carbonyl (C=O) groups excluding carboxylic acids is 1. The fraction of sp³-hybridized carbons (Fsp3) is 0.938.